The summed E-state index contributed by atoms with van der Waals surface area (Å²) in [5, 5.41) is 0. The van der Waals surface area contributed by atoms with Crippen LogP contribution < -0.4 is 0 Å². The molecule has 0 N–H and O–H groups in total. The van der Waals surface area contributed by atoms with E-state index >= 15 is 0 Å². The average molecular weight is 467 g/mol. The number of esters is 2. The molecule has 184 valence electrons. The number of aryl methyl sites for hydroxylation is 1. The van der Waals surface area contributed by atoms with Crippen molar-refractivity contribution in [2.24, 2.45) is 11.8 Å². The number of carbonyl (C=O) groups excluding carboxylic acids is 2. The molecule has 0 saturated heterocycles. The van der Waals surface area contributed by atoms with Gasteiger partial charge >= 0.3 is 11.9 Å². The monoisotopic (exact) mass is 466 g/mol. The van der Waals surface area contributed by atoms with Crippen molar-refractivity contribution >= 4 is 23.3 Å². The second-order valence-corrected chi connectivity index (χ2v) is 11.6. The Morgan fingerprint density at radius 1 is 1.03 bits per heavy atom. The number of ether oxygens (including phenoxy) is 2. The van der Waals surface area contributed by atoms with Crippen molar-refractivity contribution < 1.29 is 19.1 Å². The summed E-state index contributed by atoms with van der Waals surface area (Å²) in [7, 11) is 1.47. The molecule has 0 aliphatic heterocycles. The fourth-order valence-corrected chi connectivity index (χ4v) is 5.86. The zero-order chi connectivity index (χ0) is 24.5. The molecule has 0 aliphatic carbocycles. The van der Waals surface area contributed by atoms with E-state index in [1.165, 1.54) is 16.9 Å². The first-order valence-electron chi connectivity index (χ1n) is 12.3. The molecule has 0 radical (unpaired) electrons. The molecule has 1 heterocycles. The van der Waals surface area contributed by atoms with Gasteiger partial charge in [0.05, 0.1) is 12.7 Å². The lowest BCUT2D eigenvalue weighted by atomic mass is 9.83. The van der Waals surface area contributed by atoms with Crippen molar-refractivity contribution in [3.8, 4) is 0 Å². The lowest BCUT2D eigenvalue weighted by Crippen LogP contribution is -2.23. The maximum Gasteiger partial charge on any atom is 0.339 e. The molecule has 1 aromatic rings. The maximum absolute atomic E-state index is 12.6. The summed E-state index contributed by atoms with van der Waals surface area (Å²) in [6.07, 6.45) is 7.68. The molecule has 0 fully saturated rings. The summed E-state index contributed by atoms with van der Waals surface area (Å²) in [5.74, 6) is 1.16. The Balaban J connectivity index is 2.99. The van der Waals surface area contributed by atoms with Gasteiger partial charge in [-0.15, -0.1) is 11.3 Å². The highest BCUT2D eigenvalue weighted by molar-refractivity contribution is 7.12. The van der Waals surface area contributed by atoms with Crippen molar-refractivity contribution in [3.05, 3.63) is 20.9 Å². The topological polar surface area (TPSA) is 52.6 Å². The molecule has 0 bridgehead atoms. The van der Waals surface area contributed by atoms with Gasteiger partial charge in [-0.2, -0.15) is 0 Å². The fourth-order valence-electron chi connectivity index (χ4n) is 4.37. The zero-order valence-electron chi connectivity index (χ0n) is 21.9. The average Bonchev–Trinajstić information content (AvgIpc) is 3.00. The Hall–Kier alpha value is -1.36. The summed E-state index contributed by atoms with van der Waals surface area (Å²) < 4.78 is 10.6. The number of methoxy groups -OCH3 is 1. The van der Waals surface area contributed by atoms with Gasteiger partial charge in [-0.3, -0.25) is 4.79 Å². The third-order valence-corrected chi connectivity index (χ3v) is 7.54. The molecular formula is C27H46O4S. The highest BCUT2D eigenvalue weighted by Gasteiger charge is 2.28. The Labute approximate surface area is 200 Å². The Kier molecular flexibility index (Phi) is 12.0. The molecule has 32 heavy (non-hydrogen) atoms. The minimum Gasteiger partial charge on any atom is -0.465 e. The van der Waals surface area contributed by atoms with Crippen LogP contribution in [0.15, 0.2) is 0 Å². The second kappa shape index (κ2) is 13.4. The molecule has 1 rings (SSSR count). The molecule has 2 atom stereocenters. The van der Waals surface area contributed by atoms with E-state index in [9.17, 15) is 9.59 Å². The molecule has 0 aromatic carbocycles. The summed E-state index contributed by atoms with van der Waals surface area (Å²) >= 11 is 1.80. The van der Waals surface area contributed by atoms with Gasteiger partial charge in [0.1, 0.15) is 5.60 Å². The molecule has 4 nitrogen and oxygen atoms in total. The molecule has 0 spiro atoms. The Morgan fingerprint density at radius 3 is 2.22 bits per heavy atom. The molecular weight excluding hydrogens is 420 g/mol. The van der Waals surface area contributed by atoms with E-state index in [0.717, 1.165) is 56.1 Å². The van der Waals surface area contributed by atoms with Gasteiger partial charge in [0.25, 0.3) is 0 Å². The third kappa shape index (κ3) is 9.25. The molecule has 0 saturated carbocycles. The number of hydrogen-bond acceptors (Lipinski definition) is 5. The number of carbonyl (C=O) groups is 2. The van der Waals surface area contributed by atoms with E-state index in [2.05, 4.69) is 34.6 Å². The Morgan fingerprint density at radius 2 is 1.69 bits per heavy atom. The van der Waals surface area contributed by atoms with Crippen LogP contribution >= 0.6 is 11.3 Å². The lowest BCUT2D eigenvalue weighted by molar-refractivity contribution is -0.155. The van der Waals surface area contributed by atoms with E-state index in [1.54, 1.807) is 11.3 Å². The molecule has 5 heteroatoms. The summed E-state index contributed by atoms with van der Waals surface area (Å²) in [6.45, 7) is 16.8. The van der Waals surface area contributed by atoms with Crippen molar-refractivity contribution in [1.29, 1.82) is 0 Å². The van der Waals surface area contributed by atoms with Gasteiger partial charge in [-0.25, -0.2) is 4.79 Å². The highest BCUT2D eigenvalue weighted by Crippen LogP contribution is 2.41. The third-order valence-electron chi connectivity index (χ3n) is 5.99. The quantitative estimate of drug-likeness (QED) is 0.278. The summed E-state index contributed by atoms with van der Waals surface area (Å²) in [6, 6.07) is 0. The van der Waals surface area contributed by atoms with Crippen LogP contribution in [0.5, 0.6) is 0 Å². The molecule has 1 aromatic heterocycles. The van der Waals surface area contributed by atoms with Crippen LogP contribution in [-0.4, -0.2) is 24.6 Å². The van der Waals surface area contributed by atoms with Gasteiger partial charge < -0.3 is 9.47 Å². The van der Waals surface area contributed by atoms with E-state index < -0.39 is 5.60 Å². The highest BCUT2D eigenvalue weighted by atomic mass is 32.1. The largest absolute Gasteiger partial charge is 0.465 e. The van der Waals surface area contributed by atoms with E-state index in [-0.39, 0.29) is 11.9 Å². The zero-order valence-corrected chi connectivity index (χ0v) is 22.7. The molecule has 0 aliphatic rings. The van der Waals surface area contributed by atoms with Crippen LogP contribution in [0.4, 0.5) is 0 Å². The summed E-state index contributed by atoms with van der Waals surface area (Å²) in [4.78, 5) is 27.2. The smallest absolute Gasteiger partial charge is 0.339 e. The van der Waals surface area contributed by atoms with Crippen LogP contribution in [-0.2, 0) is 20.7 Å². The number of hydrogen-bond donors (Lipinski definition) is 0. The van der Waals surface area contributed by atoms with Gasteiger partial charge in [-0.05, 0) is 76.7 Å². The first-order valence-corrected chi connectivity index (χ1v) is 13.1. The van der Waals surface area contributed by atoms with Crippen LogP contribution in [0, 0.1) is 18.8 Å². The van der Waals surface area contributed by atoms with E-state index in [0.29, 0.717) is 24.2 Å². The number of thiophene rings is 1. The SMILES string of the molecule is CCCC(CCCC(=O)OC(C)(C)C)[C@@H](C)c1sc(CCCC(C)C)c(C(=O)OC)c1C. The first kappa shape index (κ1) is 28.7. The fraction of sp³-hybridized carbons (Fsp3) is 0.778. The number of rotatable bonds is 13. The molecule has 1 unspecified atom stereocenters. The van der Waals surface area contributed by atoms with E-state index in [4.69, 9.17) is 9.47 Å². The van der Waals surface area contributed by atoms with Gasteiger partial charge in [-0.1, -0.05) is 47.0 Å². The normalized spacial score (nSPS) is 13.8. The predicted octanol–water partition coefficient (Wildman–Crippen LogP) is 7.85. The minimum absolute atomic E-state index is 0.117. The second-order valence-electron chi connectivity index (χ2n) is 10.5. The van der Waals surface area contributed by atoms with Crippen molar-refractivity contribution in [1.82, 2.24) is 0 Å². The lowest BCUT2D eigenvalue weighted by Gasteiger charge is -2.24. The maximum atomic E-state index is 12.6. The minimum atomic E-state index is -0.433. The van der Waals surface area contributed by atoms with Gasteiger partial charge in [0, 0.05) is 16.2 Å². The van der Waals surface area contributed by atoms with Crippen LogP contribution in [0.3, 0.4) is 0 Å². The summed E-state index contributed by atoms with van der Waals surface area (Å²) in [5.41, 5.74) is 1.44. The van der Waals surface area contributed by atoms with Crippen molar-refractivity contribution in [2.75, 3.05) is 7.11 Å². The van der Waals surface area contributed by atoms with Crippen molar-refractivity contribution in [3.63, 3.8) is 0 Å². The van der Waals surface area contributed by atoms with Gasteiger partial charge in [0.15, 0.2) is 0 Å². The van der Waals surface area contributed by atoms with Gasteiger partial charge in [0.2, 0.25) is 0 Å². The van der Waals surface area contributed by atoms with Crippen LogP contribution in [0.1, 0.15) is 125 Å². The standard InChI is InChI=1S/C27H46O4S/c1-10-13-21(15-12-17-23(28)31-27(6,7)8)19(4)25-20(5)24(26(29)30-9)22(32-25)16-11-14-18(2)3/h18-19,21H,10-17H2,1-9H3/t19-,21?/m1/s1. The van der Waals surface area contributed by atoms with Crippen LogP contribution in [0.2, 0.25) is 0 Å². The van der Waals surface area contributed by atoms with E-state index in [1.807, 2.05) is 20.8 Å². The molecule has 0 amide bonds. The first-order chi connectivity index (χ1) is 14.9. The Bertz CT molecular complexity index is 727. The van der Waals surface area contributed by atoms with Crippen LogP contribution in [0.25, 0.3) is 0 Å². The van der Waals surface area contributed by atoms with Crippen molar-refractivity contribution in [2.45, 2.75) is 118 Å². The predicted molar refractivity (Wildman–Crippen MR) is 135 cm³/mol.